The number of aromatic nitrogens is 4. The van der Waals surface area contributed by atoms with Gasteiger partial charge in [0.15, 0.2) is 29.2 Å². The van der Waals surface area contributed by atoms with Crippen LogP contribution in [0, 0.1) is 0 Å². The molecule has 2 aromatic heterocycles. The molecule has 0 amide bonds. The van der Waals surface area contributed by atoms with Crippen molar-refractivity contribution >= 4 is 17.0 Å². The number of benzene rings is 3. The zero-order valence-electron chi connectivity index (χ0n) is 23.1. The lowest BCUT2D eigenvalue weighted by molar-refractivity contribution is -0.0946. The molecule has 0 radical (unpaired) electrons. The van der Waals surface area contributed by atoms with Crippen LogP contribution in [0.1, 0.15) is 22.9 Å². The molecule has 3 heterocycles. The Kier molecular flexibility index (Phi) is 7.48. The van der Waals surface area contributed by atoms with Gasteiger partial charge in [0.05, 0.1) is 27.2 Å². The van der Waals surface area contributed by atoms with Crippen LogP contribution in [0.15, 0.2) is 91.5 Å². The average Bonchev–Trinajstić information content (AvgIpc) is 3.59. The molecule has 11 nitrogen and oxygen atoms in total. The third-order valence-electron chi connectivity index (χ3n) is 7.61. The molecule has 1 aliphatic heterocycles. The predicted molar refractivity (Wildman–Crippen MR) is 154 cm³/mol. The molecular weight excluding hydrogens is 538 g/mol. The summed E-state index contributed by atoms with van der Waals surface area (Å²) in [6, 6.07) is 25.1. The number of aliphatic hydroxyl groups excluding tert-OH is 2. The normalized spacial score (nSPS) is 20.6. The number of aliphatic hydroxyl groups is 2. The zero-order chi connectivity index (χ0) is 29.3. The van der Waals surface area contributed by atoms with Crippen molar-refractivity contribution < 1.29 is 29.2 Å². The summed E-state index contributed by atoms with van der Waals surface area (Å²) in [5.41, 5.74) is 7.82. The monoisotopic (exact) mass is 569 g/mol. The van der Waals surface area contributed by atoms with E-state index < -0.39 is 30.1 Å². The highest BCUT2D eigenvalue weighted by Crippen LogP contribution is 2.48. The standard InChI is InChI=1S/C31H31N5O6/c1-39-22-15-9-14-21(27(22)40-2)31(19-10-5-3-6-11-19,20-12-7-4-8-13-20)41-16-23-25(37)26(38)30(42-23)36-18-35-24-28(32)33-17-34-29(24)36/h3-15,17-18,23,25-26,30,37-38H,16H2,1-2H3,(H2,32,33,34)/t23-,25-,26-,30-/m1/s1. The first-order valence-electron chi connectivity index (χ1n) is 13.4. The number of nitrogens with two attached hydrogens (primary N) is 1. The number of rotatable bonds is 9. The Balaban J connectivity index is 1.43. The molecule has 4 N–H and O–H groups in total. The molecule has 0 saturated carbocycles. The van der Waals surface area contributed by atoms with Crippen molar-refractivity contribution in [2.45, 2.75) is 30.1 Å². The van der Waals surface area contributed by atoms with Gasteiger partial charge in [-0.15, -0.1) is 0 Å². The summed E-state index contributed by atoms with van der Waals surface area (Å²) in [6.45, 7) is -0.0946. The summed E-state index contributed by atoms with van der Waals surface area (Å²) < 4.78 is 26.2. The van der Waals surface area contributed by atoms with Crippen LogP contribution in [0.3, 0.4) is 0 Å². The number of ether oxygens (including phenoxy) is 4. The summed E-state index contributed by atoms with van der Waals surface area (Å²) in [5, 5.41) is 22.2. The fourth-order valence-corrected chi connectivity index (χ4v) is 5.59. The van der Waals surface area contributed by atoms with Gasteiger partial charge in [-0.2, -0.15) is 0 Å². The summed E-state index contributed by atoms with van der Waals surface area (Å²) in [6.07, 6.45) is -1.69. The van der Waals surface area contributed by atoms with E-state index in [0.717, 1.165) is 11.1 Å². The van der Waals surface area contributed by atoms with Gasteiger partial charge in [0, 0.05) is 5.56 Å². The topological polar surface area (TPSA) is 147 Å². The molecule has 0 unspecified atom stereocenters. The lowest BCUT2D eigenvalue weighted by atomic mass is 9.79. The van der Waals surface area contributed by atoms with E-state index in [9.17, 15) is 10.2 Å². The minimum Gasteiger partial charge on any atom is -0.493 e. The molecule has 0 aliphatic carbocycles. The molecule has 4 atom stereocenters. The van der Waals surface area contributed by atoms with Crippen molar-refractivity contribution in [3.8, 4) is 11.5 Å². The van der Waals surface area contributed by atoms with Gasteiger partial charge < -0.3 is 34.9 Å². The number of nitrogen functional groups attached to an aromatic ring is 1. The minimum atomic E-state index is -1.29. The lowest BCUT2D eigenvalue weighted by Crippen LogP contribution is -2.39. The van der Waals surface area contributed by atoms with Crippen LogP contribution in [-0.4, -0.2) is 68.9 Å². The van der Waals surface area contributed by atoms with E-state index in [1.807, 2.05) is 78.9 Å². The van der Waals surface area contributed by atoms with E-state index in [4.69, 9.17) is 24.7 Å². The third kappa shape index (κ3) is 4.52. The minimum absolute atomic E-state index is 0.0946. The van der Waals surface area contributed by atoms with Crippen LogP contribution in [0.25, 0.3) is 11.2 Å². The maximum Gasteiger partial charge on any atom is 0.167 e. The van der Waals surface area contributed by atoms with Gasteiger partial charge in [0.1, 0.15) is 35.8 Å². The van der Waals surface area contributed by atoms with Crippen LogP contribution in [-0.2, 0) is 15.1 Å². The van der Waals surface area contributed by atoms with Gasteiger partial charge in [-0.1, -0.05) is 72.8 Å². The van der Waals surface area contributed by atoms with Gasteiger partial charge in [-0.25, -0.2) is 15.0 Å². The molecule has 3 aromatic carbocycles. The van der Waals surface area contributed by atoms with Crippen molar-refractivity contribution in [1.29, 1.82) is 0 Å². The second-order valence-corrected chi connectivity index (χ2v) is 9.89. The van der Waals surface area contributed by atoms with E-state index in [-0.39, 0.29) is 12.4 Å². The first-order chi connectivity index (χ1) is 20.5. The molecule has 6 rings (SSSR count). The van der Waals surface area contributed by atoms with Gasteiger partial charge in [0.2, 0.25) is 0 Å². The average molecular weight is 570 g/mol. The second-order valence-electron chi connectivity index (χ2n) is 9.89. The Morgan fingerprint density at radius 2 is 1.55 bits per heavy atom. The van der Waals surface area contributed by atoms with Crippen molar-refractivity contribution in [2.24, 2.45) is 0 Å². The molecule has 0 spiro atoms. The van der Waals surface area contributed by atoms with Crippen LogP contribution in [0.5, 0.6) is 11.5 Å². The molecule has 1 saturated heterocycles. The number of anilines is 1. The summed E-state index contributed by atoms with van der Waals surface area (Å²) in [5.74, 6) is 1.24. The Labute approximate surface area is 242 Å². The molecule has 42 heavy (non-hydrogen) atoms. The first-order valence-corrected chi connectivity index (χ1v) is 13.4. The van der Waals surface area contributed by atoms with Gasteiger partial charge >= 0.3 is 0 Å². The molecule has 216 valence electrons. The van der Waals surface area contributed by atoms with Crippen LogP contribution in [0.4, 0.5) is 5.82 Å². The van der Waals surface area contributed by atoms with Gasteiger partial charge in [0.25, 0.3) is 0 Å². The summed E-state index contributed by atoms with van der Waals surface area (Å²) in [7, 11) is 3.16. The Hall–Kier alpha value is -4.55. The van der Waals surface area contributed by atoms with Gasteiger partial charge in [-0.3, -0.25) is 4.57 Å². The summed E-state index contributed by atoms with van der Waals surface area (Å²) in [4.78, 5) is 12.5. The third-order valence-corrected chi connectivity index (χ3v) is 7.61. The van der Waals surface area contributed by atoms with E-state index >= 15 is 0 Å². The lowest BCUT2D eigenvalue weighted by Gasteiger charge is -2.37. The highest BCUT2D eigenvalue weighted by Gasteiger charge is 2.47. The Morgan fingerprint density at radius 1 is 0.857 bits per heavy atom. The zero-order valence-corrected chi connectivity index (χ0v) is 23.1. The number of fused-ring (bicyclic) bond motifs is 1. The van der Waals surface area contributed by atoms with Crippen molar-refractivity contribution in [2.75, 3.05) is 26.6 Å². The number of hydrogen-bond acceptors (Lipinski definition) is 10. The van der Waals surface area contributed by atoms with Crippen molar-refractivity contribution in [3.05, 3.63) is 108 Å². The van der Waals surface area contributed by atoms with Gasteiger partial charge in [-0.05, 0) is 17.2 Å². The SMILES string of the molecule is COc1cccc(C(OC[C@H]2O[C@@H](n3cnc4c(N)ncnc43)[C@H](O)[C@@H]2O)(c2ccccc2)c2ccccc2)c1OC. The highest BCUT2D eigenvalue weighted by atomic mass is 16.6. The Morgan fingerprint density at radius 3 is 2.19 bits per heavy atom. The number of methoxy groups -OCH3 is 2. The number of hydrogen-bond donors (Lipinski definition) is 3. The van der Waals surface area contributed by atoms with Crippen LogP contribution in [0.2, 0.25) is 0 Å². The molecule has 1 fully saturated rings. The largest absolute Gasteiger partial charge is 0.493 e. The fourth-order valence-electron chi connectivity index (χ4n) is 5.59. The van der Waals surface area contributed by atoms with E-state index in [1.54, 1.807) is 14.2 Å². The molecule has 1 aliphatic rings. The number of imidazole rings is 1. The summed E-state index contributed by atoms with van der Waals surface area (Å²) >= 11 is 0. The fraction of sp³-hybridized carbons (Fsp3) is 0.258. The number of para-hydroxylation sites is 1. The van der Waals surface area contributed by atoms with Crippen molar-refractivity contribution in [3.63, 3.8) is 0 Å². The highest BCUT2D eigenvalue weighted by molar-refractivity contribution is 5.81. The van der Waals surface area contributed by atoms with Crippen LogP contribution < -0.4 is 15.2 Å². The van der Waals surface area contributed by atoms with Crippen LogP contribution >= 0.6 is 0 Å². The van der Waals surface area contributed by atoms with Crippen molar-refractivity contribution in [1.82, 2.24) is 19.5 Å². The second kappa shape index (κ2) is 11.4. The quantitative estimate of drug-likeness (QED) is 0.226. The smallest absolute Gasteiger partial charge is 0.167 e. The Bertz CT molecular complexity index is 1630. The maximum atomic E-state index is 11.2. The molecule has 0 bridgehead atoms. The predicted octanol–water partition coefficient (Wildman–Crippen LogP) is 3.05. The van der Waals surface area contributed by atoms with E-state index in [0.29, 0.717) is 28.2 Å². The van der Waals surface area contributed by atoms with E-state index in [1.165, 1.54) is 17.2 Å². The first kappa shape index (κ1) is 27.6. The molecule has 5 aromatic rings. The molecular formula is C31H31N5O6. The maximum absolute atomic E-state index is 11.2. The van der Waals surface area contributed by atoms with E-state index in [2.05, 4.69) is 15.0 Å². The molecule has 11 heteroatoms. The number of nitrogens with zero attached hydrogens (tertiary/aromatic N) is 4.